The minimum atomic E-state index is -2.59. The number of alkyl halides is 2. The van der Waals surface area contributed by atoms with E-state index in [4.69, 9.17) is 5.11 Å². The summed E-state index contributed by atoms with van der Waals surface area (Å²) in [5.74, 6) is -2.07. The normalized spacial score (nSPS) is 10.5. The van der Waals surface area contributed by atoms with Crippen molar-refractivity contribution in [2.24, 2.45) is 0 Å². The lowest BCUT2D eigenvalue weighted by molar-refractivity contribution is 0.0194. The van der Waals surface area contributed by atoms with Crippen molar-refractivity contribution in [2.45, 2.75) is 6.43 Å². The molecule has 21 heavy (non-hydrogen) atoms. The Balaban J connectivity index is 2.44. The van der Waals surface area contributed by atoms with Crippen LogP contribution in [-0.2, 0) is 4.74 Å². The Kier molecular flexibility index (Phi) is 6.47. The number of ether oxygens (including phenoxy) is 1. The lowest BCUT2D eigenvalue weighted by Gasteiger charge is -2.09. The summed E-state index contributed by atoms with van der Waals surface area (Å²) in [4.78, 5) is 22.1. The summed E-state index contributed by atoms with van der Waals surface area (Å²) in [5, 5.41) is 13.1. The van der Waals surface area contributed by atoms with Crippen molar-refractivity contribution in [3.05, 3.63) is 29.6 Å². The van der Waals surface area contributed by atoms with Gasteiger partial charge in [0.15, 0.2) is 0 Å². The van der Waals surface area contributed by atoms with E-state index in [-0.39, 0.29) is 24.4 Å². The van der Waals surface area contributed by atoms with Crippen LogP contribution in [0, 0.1) is 5.82 Å². The molecular weight excluding hydrogens is 293 g/mol. The second-order valence-electron chi connectivity index (χ2n) is 3.85. The highest BCUT2D eigenvalue weighted by Gasteiger charge is 2.11. The highest BCUT2D eigenvalue weighted by atomic mass is 19.3. The minimum absolute atomic E-state index is 0.0568. The number of rotatable bonds is 7. The molecule has 0 spiro atoms. The Bertz CT molecular complexity index is 511. The van der Waals surface area contributed by atoms with Crippen molar-refractivity contribution in [3.8, 4) is 0 Å². The van der Waals surface area contributed by atoms with E-state index in [1.54, 1.807) is 0 Å². The summed E-state index contributed by atoms with van der Waals surface area (Å²) in [7, 11) is 0. The van der Waals surface area contributed by atoms with E-state index in [2.05, 4.69) is 15.4 Å². The molecule has 3 N–H and O–H groups in total. The summed E-state index contributed by atoms with van der Waals surface area (Å²) in [5.41, 5.74) is -0.493. The molecule has 6 nitrogen and oxygen atoms in total. The number of nitrogens with one attached hydrogen (secondary N) is 2. The minimum Gasteiger partial charge on any atom is -0.478 e. The van der Waals surface area contributed by atoms with Gasteiger partial charge in [-0.15, -0.1) is 0 Å². The van der Waals surface area contributed by atoms with Crippen LogP contribution < -0.4 is 10.6 Å². The van der Waals surface area contributed by atoms with Crippen LogP contribution in [0.1, 0.15) is 10.4 Å². The summed E-state index contributed by atoms with van der Waals surface area (Å²) in [6.07, 6.45) is -2.59. The second kappa shape index (κ2) is 8.10. The van der Waals surface area contributed by atoms with Crippen LogP contribution in [-0.4, -0.2) is 43.3 Å². The Morgan fingerprint density at radius 1 is 1.33 bits per heavy atom. The van der Waals surface area contributed by atoms with Crippen LogP contribution in [0.2, 0.25) is 0 Å². The smallest absolute Gasteiger partial charge is 0.335 e. The molecule has 0 aromatic heterocycles. The van der Waals surface area contributed by atoms with E-state index < -0.39 is 30.8 Å². The Morgan fingerprint density at radius 3 is 2.67 bits per heavy atom. The number of hydrogen-bond donors (Lipinski definition) is 3. The fraction of sp³-hybridized carbons (Fsp3) is 0.333. The summed E-state index contributed by atoms with van der Waals surface area (Å²) in [6, 6.07) is 2.12. The molecule has 0 bridgehead atoms. The number of carboxylic acids is 1. The van der Waals surface area contributed by atoms with Gasteiger partial charge in [0.25, 0.3) is 6.43 Å². The van der Waals surface area contributed by atoms with Crippen LogP contribution in [0.4, 0.5) is 23.7 Å². The topological polar surface area (TPSA) is 87.7 Å². The maximum Gasteiger partial charge on any atom is 0.335 e. The number of carbonyl (C=O) groups excluding carboxylic acids is 1. The molecule has 0 radical (unpaired) electrons. The number of benzene rings is 1. The average Bonchev–Trinajstić information content (AvgIpc) is 2.40. The highest BCUT2D eigenvalue weighted by Crippen LogP contribution is 2.16. The van der Waals surface area contributed by atoms with E-state index in [0.29, 0.717) is 0 Å². The zero-order chi connectivity index (χ0) is 15.8. The first kappa shape index (κ1) is 16.8. The van der Waals surface area contributed by atoms with Gasteiger partial charge in [-0.05, 0) is 18.2 Å². The van der Waals surface area contributed by atoms with Crippen LogP contribution in [0.5, 0.6) is 0 Å². The van der Waals surface area contributed by atoms with Gasteiger partial charge in [-0.2, -0.15) is 0 Å². The number of halogens is 3. The predicted molar refractivity (Wildman–Crippen MR) is 67.2 cm³/mol. The molecule has 2 amide bonds. The molecule has 1 rings (SSSR count). The number of aromatic carboxylic acids is 1. The first-order valence-electron chi connectivity index (χ1n) is 5.83. The van der Waals surface area contributed by atoms with Gasteiger partial charge in [0.2, 0.25) is 0 Å². The molecule has 0 saturated heterocycles. The summed E-state index contributed by atoms with van der Waals surface area (Å²) in [6.45, 7) is -0.924. The van der Waals surface area contributed by atoms with Crippen molar-refractivity contribution in [1.82, 2.24) is 5.32 Å². The Labute approximate surface area is 117 Å². The van der Waals surface area contributed by atoms with Crippen molar-refractivity contribution in [2.75, 3.05) is 25.1 Å². The monoisotopic (exact) mass is 306 g/mol. The fourth-order valence-corrected chi connectivity index (χ4v) is 1.33. The standard InChI is InChI=1S/C12H13F3N2O4/c13-8-2-1-7(11(18)19)5-9(8)17-12(20)16-3-4-21-6-10(14)15/h1-2,5,10H,3-4,6H2,(H,18,19)(H2,16,17,20). The Morgan fingerprint density at radius 2 is 2.05 bits per heavy atom. The number of urea groups is 1. The van der Waals surface area contributed by atoms with Crippen LogP contribution in [0.25, 0.3) is 0 Å². The molecule has 116 valence electrons. The molecule has 0 aliphatic heterocycles. The summed E-state index contributed by atoms with van der Waals surface area (Å²) < 4.78 is 41.4. The van der Waals surface area contributed by atoms with Gasteiger partial charge in [0.05, 0.1) is 17.9 Å². The number of amides is 2. The van der Waals surface area contributed by atoms with Crippen LogP contribution in [0.3, 0.4) is 0 Å². The Hall–Kier alpha value is -2.29. The van der Waals surface area contributed by atoms with Crippen molar-refractivity contribution in [3.63, 3.8) is 0 Å². The maximum absolute atomic E-state index is 13.4. The van der Waals surface area contributed by atoms with Crippen LogP contribution >= 0.6 is 0 Å². The quantitative estimate of drug-likeness (QED) is 0.672. The molecule has 1 aromatic carbocycles. The molecule has 9 heteroatoms. The van der Waals surface area contributed by atoms with Crippen molar-refractivity contribution in [1.29, 1.82) is 0 Å². The molecule has 0 heterocycles. The second-order valence-corrected chi connectivity index (χ2v) is 3.85. The molecule has 0 unspecified atom stereocenters. The highest BCUT2D eigenvalue weighted by molar-refractivity contribution is 5.93. The predicted octanol–water partition coefficient (Wildman–Crippen LogP) is 1.93. The van der Waals surface area contributed by atoms with Gasteiger partial charge in [-0.3, -0.25) is 0 Å². The van der Waals surface area contributed by atoms with E-state index >= 15 is 0 Å². The molecule has 1 aromatic rings. The first-order chi connectivity index (χ1) is 9.90. The zero-order valence-electron chi connectivity index (χ0n) is 10.7. The third-order valence-corrected chi connectivity index (χ3v) is 2.24. The molecular formula is C12H13F3N2O4. The van der Waals surface area contributed by atoms with Gasteiger partial charge in [-0.25, -0.2) is 22.8 Å². The molecule has 0 atom stereocenters. The number of carbonyl (C=O) groups is 2. The third-order valence-electron chi connectivity index (χ3n) is 2.24. The largest absolute Gasteiger partial charge is 0.478 e. The number of anilines is 1. The van der Waals surface area contributed by atoms with Crippen molar-refractivity contribution >= 4 is 17.7 Å². The molecule has 0 aliphatic rings. The van der Waals surface area contributed by atoms with E-state index in [1.165, 1.54) is 0 Å². The fourth-order valence-electron chi connectivity index (χ4n) is 1.33. The van der Waals surface area contributed by atoms with Gasteiger partial charge in [0.1, 0.15) is 12.4 Å². The maximum atomic E-state index is 13.4. The third kappa shape index (κ3) is 6.13. The van der Waals surface area contributed by atoms with Crippen molar-refractivity contribution < 1.29 is 32.6 Å². The SMILES string of the molecule is O=C(NCCOCC(F)F)Nc1cc(C(=O)O)ccc1F. The average molecular weight is 306 g/mol. The molecule has 0 fully saturated rings. The lowest BCUT2D eigenvalue weighted by Crippen LogP contribution is -2.32. The van der Waals surface area contributed by atoms with Gasteiger partial charge in [-0.1, -0.05) is 0 Å². The molecule has 0 aliphatic carbocycles. The first-order valence-corrected chi connectivity index (χ1v) is 5.83. The van der Waals surface area contributed by atoms with E-state index in [1.807, 2.05) is 0 Å². The lowest BCUT2D eigenvalue weighted by atomic mass is 10.2. The van der Waals surface area contributed by atoms with Crippen LogP contribution in [0.15, 0.2) is 18.2 Å². The van der Waals surface area contributed by atoms with E-state index in [9.17, 15) is 22.8 Å². The number of carboxylic acid groups (broad SMARTS) is 1. The van der Waals surface area contributed by atoms with E-state index in [0.717, 1.165) is 18.2 Å². The van der Waals surface area contributed by atoms with Gasteiger partial charge in [0, 0.05) is 6.54 Å². The summed E-state index contributed by atoms with van der Waals surface area (Å²) >= 11 is 0. The number of hydrogen-bond acceptors (Lipinski definition) is 3. The zero-order valence-corrected chi connectivity index (χ0v) is 10.7. The van der Waals surface area contributed by atoms with Gasteiger partial charge >= 0.3 is 12.0 Å². The van der Waals surface area contributed by atoms with Gasteiger partial charge < -0.3 is 20.5 Å². The molecule has 0 saturated carbocycles.